The van der Waals surface area contributed by atoms with Crippen LogP contribution in [-0.4, -0.2) is 0 Å². The van der Waals surface area contributed by atoms with Crippen molar-refractivity contribution in [3.8, 4) is 0 Å². The number of benzene rings is 1. The fourth-order valence-corrected chi connectivity index (χ4v) is 5.02. The molecule has 0 bridgehead atoms. The molecule has 1 fully saturated rings. The van der Waals surface area contributed by atoms with Crippen LogP contribution in [0.5, 0.6) is 0 Å². The lowest BCUT2D eigenvalue weighted by molar-refractivity contribution is 0.186. The Labute approximate surface area is 153 Å². The maximum absolute atomic E-state index is 13.7. The highest BCUT2D eigenvalue weighted by Gasteiger charge is 2.28. The SMILES string of the molecule is CCCC1CCC(C2CC=C(CCc3ccc(C)c(F)c3)CC2)CC1. The lowest BCUT2D eigenvalue weighted by atomic mass is 9.70. The van der Waals surface area contributed by atoms with E-state index in [1.54, 1.807) is 11.6 Å². The largest absolute Gasteiger partial charge is 0.207 e. The van der Waals surface area contributed by atoms with Gasteiger partial charge in [0.15, 0.2) is 0 Å². The Morgan fingerprint density at radius 2 is 1.80 bits per heavy atom. The minimum Gasteiger partial charge on any atom is -0.207 e. The lowest BCUT2D eigenvalue weighted by Crippen LogP contribution is -2.23. The number of halogens is 1. The standard InChI is InChI=1S/C24H35F/c1-3-4-19-9-13-22(14-10-19)23-15-11-20(12-16-23)7-8-21-6-5-18(2)24(25)17-21/h5-6,11,17,19,22-23H,3-4,7-10,12-16H2,1-2H3. The van der Waals surface area contributed by atoms with E-state index in [1.165, 1.54) is 57.8 Å². The molecule has 0 N–H and O–H groups in total. The van der Waals surface area contributed by atoms with Crippen LogP contribution in [0.2, 0.25) is 0 Å². The topological polar surface area (TPSA) is 0 Å². The molecule has 1 unspecified atom stereocenters. The van der Waals surface area contributed by atoms with Crippen LogP contribution in [0.1, 0.15) is 82.3 Å². The van der Waals surface area contributed by atoms with Crippen LogP contribution < -0.4 is 0 Å². The maximum atomic E-state index is 13.7. The number of hydrogen-bond acceptors (Lipinski definition) is 0. The molecular weight excluding hydrogens is 307 g/mol. The van der Waals surface area contributed by atoms with Gasteiger partial charge in [0.25, 0.3) is 0 Å². The zero-order valence-corrected chi connectivity index (χ0v) is 16.2. The van der Waals surface area contributed by atoms with Gasteiger partial charge >= 0.3 is 0 Å². The first-order valence-corrected chi connectivity index (χ1v) is 10.6. The Morgan fingerprint density at radius 1 is 1.00 bits per heavy atom. The summed E-state index contributed by atoms with van der Waals surface area (Å²) in [4.78, 5) is 0. The third-order valence-electron chi connectivity index (χ3n) is 6.77. The van der Waals surface area contributed by atoms with Gasteiger partial charge in [-0.05, 0) is 86.8 Å². The van der Waals surface area contributed by atoms with Crippen LogP contribution in [0, 0.1) is 30.5 Å². The average Bonchev–Trinajstić information content (AvgIpc) is 2.64. The molecule has 0 aliphatic heterocycles. The highest BCUT2D eigenvalue weighted by Crippen LogP contribution is 2.41. The second kappa shape index (κ2) is 9.01. The minimum atomic E-state index is -0.0612. The summed E-state index contributed by atoms with van der Waals surface area (Å²) in [5.41, 5.74) is 3.49. The van der Waals surface area contributed by atoms with Gasteiger partial charge in [-0.3, -0.25) is 0 Å². The normalized spacial score (nSPS) is 27.2. The van der Waals surface area contributed by atoms with Gasteiger partial charge in [0.2, 0.25) is 0 Å². The minimum absolute atomic E-state index is 0.0612. The Hall–Kier alpha value is -1.11. The predicted octanol–water partition coefficient (Wildman–Crippen LogP) is 7.40. The van der Waals surface area contributed by atoms with Gasteiger partial charge < -0.3 is 0 Å². The van der Waals surface area contributed by atoms with Crippen molar-refractivity contribution in [3.05, 3.63) is 46.8 Å². The summed E-state index contributed by atoms with van der Waals surface area (Å²) in [5.74, 6) is 2.87. The van der Waals surface area contributed by atoms with E-state index < -0.39 is 0 Å². The Bertz CT molecular complexity index is 578. The van der Waals surface area contributed by atoms with Gasteiger partial charge in [-0.15, -0.1) is 0 Å². The first-order chi connectivity index (χ1) is 12.2. The highest BCUT2D eigenvalue weighted by atomic mass is 19.1. The molecule has 138 valence electrons. The molecule has 0 amide bonds. The molecule has 1 heteroatoms. The van der Waals surface area contributed by atoms with Crippen molar-refractivity contribution in [1.82, 2.24) is 0 Å². The Morgan fingerprint density at radius 3 is 2.44 bits per heavy atom. The number of hydrogen-bond donors (Lipinski definition) is 0. The molecule has 2 aliphatic carbocycles. The maximum Gasteiger partial charge on any atom is 0.126 e. The van der Waals surface area contributed by atoms with Crippen LogP contribution >= 0.6 is 0 Å². The molecule has 0 heterocycles. The zero-order chi connectivity index (χ0) is 17.6. The summed E-state index contributed by atoms with van der Waals surface area (Å²) in [5, 5.41) is 0. The average molecular weight is 343 g/mol. The van der Waals surface area contributed by atoms with Crippen molar-refractivity contribution in [1.29, 1.82) is 0 Å². The molecule has 2 aliphatic rings. The molecule has 1 atom stereocenters. The van der Waals surface area contributed by atoms with E-state index in [1.807, 2.05) is 13.0 Å². The van der Waals surface area contributed by atoms with E-state index in [0.717, 1.165) is 41.7 Å². The highest BCUT2D eigenvalue weighted by molar-refractivity contribution is 5.24. The van der Waals surface area contributed by atoms with Gasteiger partial charge in [0.1, 0.15) is 5.82 Å². The van der Waals surface area contributed by atoms with Crippen molar-refractivity contribution in [2.24, 2.45) is 17.8 Å². The lowest BCUT2D eigenvalue weighted by Gasteiger charge is -2.35. The molecule has 0 aromatic heterocycles. The summed E-state index contributed by atoms with van der Waals surface area (Å²) in [7, 11) is 0. The fraction of sp³-hybridized carbons (Fsp3) is 0.667. The monoisotopic (exact) mass is 342 g/mol. The second-order valence-electron chi connectivity index (χ2n) is 8.55. The van der Waals surface area contributed by atoms with Gasteiger partial charge in [-0.1, -0.05) is 56.4 Å². The molecule has 25 heavy (non-hydrogen) atoms. The summed E-state index contributed by atoms with van der Waals surface area (Å²) in [6.45, 7) is 4.16. The van der Waals surface area contributed by atoms with Gasteiger partial charge in [-0.25, -0.2) is 4.39 Å². The van der Waals surface area contributed by atoms with Crippen LogP contribution in [-0.2, 0) is 6.42 Å². The van der Waals surface area contributed by atoms with Crippen molar-refractivity contribution in [2.75, 3.05) is 0 Å². The van der Waals surface area contributed by atoms with Crippen molar-refractivity contribution >= 4 is 0 Å². The Kier molecular flexibility index (Phi) is 6.73. The molecule has 0 nitrogen and oxygen atoms in total. The van der Waals surface area contributed by atoms with E-state index in [0.29, 0.717) is 0 Å². The van der Waals surface area contributed by atoms with E-state index in [9.17, 15) is 4.39 Å². The number of aryl methyl sites for hydroxylation is 2. The first-order valence-electron chi connectivity index (χ1n) is 10.6. The molecular formula is C24H35F. The van der Waals surface area contributed by atoms with Crippen LogP contribution in [0.3, 0.4) is 0 Å². The zero-order valence-electron chi connectivity index (χ0n) is 16.2. The van der Waals surface area contributed by atoms with E-state index in [2.05, 4.69) is 19.1 Å². The van der Waals surface area contributed by atoms with E-state index >= 15 is 0 Å². The third kappa shape index (κ3) is 5.19. The summed E-state index contributed by atoms with van der Waals surface area (Å²) in [6, 6.07) is 5.71. The Balaban J connectivity index is 1.44. The van der Waals surface area contributed by atoms with Crippen LogP contribution in [0.4, 0.5) is 4.39 Å². The summed E-state index contributed by atoms with van der Waals surface area (Å²) >= 11 is 0. The third-order valence-corrected chi connectivity index (χ3v) is 6.77. The summed E-state index contributed by atoms with van der Waals surface area (Å²) in [6.07, 6.45) is 17.3. The fourth-order valence-electron chi connectivity index (χ4n) is 5.02. The van der Waals surface area contributed by atoms with Crippen molar-refractivity contribution < 1.29 is 4.39 Å². The smallest absolute Gasteiger partial charge is 0.126 e. The van der Waals surface area contributed by atoms with Gasteiger partial charge in [-0.2, -0.15) is 0 Å². The van der Waals surface area contributed by atoms with Crippen molar-refractivity contribution in [3.63, 3.8) is 0 Å². The summed E-state index contributed by atoms with van der Waals surface area (Å²) < 4.78 is 13.7. The molecule has 0 radical (unpaired) electrons. The van der Waals surface area contributed by atoms with Crippen LogP contribution in [0.25, 0.3) is 0 Å². The molecule has 1 aromatic rings. The molecule has 1 saturated carbocycles. The second-order valence-corrected chi connectivity index (χ2v) is 8.55. The quantitative estimate of drug-likeness (QED) is 0.472. The van der Waals surface area contributed by atoms with Crippen molar-refractivity contribution in [2.45, 2.75) is 84.5 Å². The van der Waals surface area contributed by atoms with E-state index in [-0.39, 0.29) is 5.82 Å². The predicted molar refractivity (Wildman–Crippen MR) is 105 cm³/mol. The first kappa shape index (κ1) is 18.7. The molecule has 1 aromatic carbocycles. The molecule has 0 saturated heterocycles. The van der Waals surface area contributed by atoms with Gasteiger partial charge in [0, 0.05) is 0 Å². The molecule has 3 rings (SSSR count). The number of allylic oxidation sites excluding steroid dienone is 2. The molecule has 0 spiro atoms. The van der Waals surface area contributed by atoms with Gasteiger partial charge in [0.05, 0.1) is 0 Å². The van der Waals surface area contributed by atoms with E-state index in [4.69, 9.17) is 0 Å². The van der Waals surface area contributed by atoms with Crippen LogP contribution in [0.15, 0.2) is 29.8 Å². The number of rotatable bonds is 6.